The predicted molar refractivity (Wildman–Crippen MR) is 125 cm³/mol. The highest BCUT2D eigenvalue weighted by atomic mass is 32.2. The van der Waals surface area contributed by atoms with Crippen LogP contribution in [0.4, 0.5) is 14.9 Å². The van der Waals surface area contributed by atoms with Gasteiger partial charge >= 0.3 is 6.03 Å². The Morgan fingerprint density at radius 1 is 1.38 bits per heavy atom. The number of ether oxygens (including phenoxy) is 2. The first-order valence-electron chi connectivity index (χ1n) is 10.6. The maximum Gasteiger partial charge on any atom is 0.354 e. The number of benzene rings is 1. The van der Waals surface area contributed by atoms with Crippen molar-refractivity contribution in [2.45, 2.75) is 37.6 Å². The molecule has 3 aromatic rings. The number of anilines is 1. The Hall–Kier alpha value is -3.51. The zero-order chi connectivity index (χ0) is 24.5. The fourth-order valence-electron chi connectivity index (χ4n) is 3.77. The van der Waals surface area contributed by atoms with Gasteiger partial charge in [-0.1, -0.05) is 13.8 Å². The number of hydrogen-bond donors (Lipinski definition) is 2. The molecule has 34 heavy (non-hydrogen) atoms. The summed E-state index contributed by atoms with van der Waals surface area (Å²) in [6.45, 7) is 4.59. The maximum atomic E-state index is 14.8. The number of fused-ring (bicyclic) bond motifs is 1. The van der Waals surface area contributed by atoms with Crippen molar-refractivity contribution in [1.82, 2.24) is 14.8 Å². The Balaban J connectivity index is 1.77. The summed E-state index contributed by atoms with van der Waals surface area (Å²) in [5.74, 6) is -0.195. The zero-order valence-corrected chi connectivity index (χ0v) is 19.8. The van der Waals surface area contributed by atoms with E-state index in [-0.39, 0.29) is 27.9 Å². The van der Waals surface area contributed by atoms with E-state index in [1.54, 1.807) is 32.2 Å². The lowest BCUT2D eigenvalue weighted by Crippen LogP contribution is -2.21. The van der Waals surface area contributed by atoms with Crippen LogP contribution in [-0.2, 0) is 16.5 Å². The molecule has 0 saturated heterocycles. The number of amides is 2. The molecule has 2 aromatic heterocycles. The minimum absolute atomic E-state index is 0.0322. The third-order valence-electron chi connectivity index (χ3n) is 5.30. The van der Waals surface area contributed by atoms with Crippen LogP contribution in [0, 0.1) is 5.82 Å². The molecule has 10 nitrogen and oxygen atoms in total. The lowest BCUT2D eigenvalue weighted by Gasteiger charge is -2.19. The number of nitrogens with two attached hydrogens (primary N) is 1. The molecule has 2 amide bonds. The zero-order valence-electron chi connectivity index (χ0n) is 18.9. The molecule has 0 spiro atoms. The Morgan fingerprint density at radius 3 is 2.91 bits per heavy atom. The Kier molecular flexibility index (Phi) is 6.53. The molecule has 1 aromatic carbocycles. The van der Waals surface area contributed by atoms with Crippen LogP contribution < -0.4 is 19.9 Å². The second-order valence-corrected chi connectivity index (χ2v) is 9.71. The fourth-order valence-corrected chi connectivity index (χ4v) is 4.77. The second kappa shape index (κ2) is 9.39. The minimum atomic E-state index is -3.68. The second-order valence-electron chi connectivity index (χ2n) is 7.95. The van der Waals surface area contributed by atoms with Crippen LogP contribution in [0.1, 0.15) is 31.7 Å². The SMILES string of the molecule is COc1cc(-c2ccc(F)c(C(C)C)c2NC(=O)N=[S@](N)(=O)c2cnn3c2OCCC3)ccn1. The van der Waals surface area contributed by atoms with Gasteiger partial charge in [-0.3, -0.25) is 0 Å². The number of pyridine rings is 1. The average Bonchev–Trinajstić information content (AvgIpc) is 3.24. The van der Waals surface area contributed by atoms with Crippen LogP contribution in [0.15, 0.2) is 45.9 Å². The topological polar surface area (TPSA) is 134 Å². The quantitative estimate of drug-likeness (QED) is 0.559. The standard InChI is InChI=1S/C22H25FN6O4S/c1-13(2)19-16(23)6-5-15(14-7-8-25-18(11-14)32-3)20(19)27-22(30)28-34(24,31)17-12-26-29-9-4-10-33-21(17)29/h5-8,11-13H,4,9-10H2,1-3H3,(H3,24,27,28,30,31)/t34-/m0/s1. The van der Waals surface area contributed by atoms with Crippen molar-refractivity contribution in [3.05, 3.63) is 48.0 Å². The van der Waals surface area contributed by atoms with Gasteiger partial charge in [0.05, 0.1) is 25.6 Å². The largest absolute Gasteiger partial charge is 0.481 e. The smallest absolute Gasteiger partial charge is 0.354 e. The van der Waals surface area contributed by atoms with Gasteiger partial charge in [0.1, 0.15) is 10.7 Å². The lowest BCUT2D eigenvalue weighted by molar-refractivity contribution is 0.224. The normalized spacial score (nSPS) is 14.6. The number of aryl methyl sites for hydroxylation is 1. The van der Waals surface area contributed by atoms with Gasteiger partial charge in [-0.15, -0.1) is 4.36 Å². The first-order valence-corrected chi connectivity index (χ1v) is 12.2. The van der Waals surface area contributed by atoms with Gasteiger partial charge in [-0.2, -0.15) is 5.10 Å². The summed E-state index contributed by atoms with van der Waals surface area (Å²) < 4.78 is 43.9. The van der Waals surface area contributed by atoms with E-state index in [2.05, 4.69) is 19.8 Å². The number of nitrogens with one attached hydrogen (secondary N) is 1. The van der Waals surface area contributed by atoms with Crippen molar-refractivity contribution in [3.8, 4) is 22.9 Å². The predicted octanol–water partition coefficient (Wildman–Crippen LogP) is 3.93. The number of nitrogens with zero attached hydrogens (tertiary/aromatic N) is 4. The van der Waals surface area contributed by atoms with E-state index >= 15 is 0 Å². The molecular weight excluding hydrogens is 463 g/mol. The summed E-state index contributed by atoms with van der Waals surface area (Å²) in [7, 11) is -2.20. The van der Waals surface area contributed by atoms with Gasteiger partial charge in [0, 0.05) is 36.4 Å². The summed E-state index contributed by atoms with van der Waals surface area (Å²) in [6.07, 6.45) is 3.58. The van der Waals surface area contributed by atoms with Crippen molar-refractivity contribution in [2.75, 3.05) is 19.0 Å². The number of carbonyl (C=O) groups is 1. The van der Waals surface area contributed by atoms with Crippen LogP contribution in [-0.4, -0.2) is 38.7 Å². The number of aromatic nitrogens is 3. The molecule has 180 valence electrons. The van der Waals surface area contributed by atoms with Crippen LogP contribution in [0.5, 0.6) is 11.8 Å². The van der Waals surface area contributed by atoms with Crippen LogP contribution in [0.3, 0.4) is 0 Å². The molecule has 0 unspecified atom stereocenters. The van der Waals surface area contributed by atoms with Gasteiger partial charge in [-0.25, -0.2) is 28.2 Å². The summed E-state index contributed by atoms with van der Waals surface area (Å²) in [4.78, 5) is 17.0. The van der Waals surface area contributed by atoms with Crippen LogP contribution >= 0.6 is 0 Å². The van der Waals surface area contributed by atoms with E-state index in [1.807, 2.05) is 0 Å². The van der Waals surface area contributed by atoms with Crippen molar-refractivity contribution >= 4 is 21.6 Å². The Morgan fingerprint density at radius 2 is 2.18 bits per heavy atom. The molecule has 0 bridgehead atoms. The Bertz CT molecular complexity index is 1360. The highest BCUT2D eigenvalue weighted by Crippen LogP contribution is 2.37. The highest BCUT2D eigenvalue weighted by Gasteiger charge is 2.25. The van der Waals surface area contributed by atoms with Crippen molar-refractivity contribution in [3.63, 3.8) is 0 Å². The Labute approximate surface area is 196 Å². The molecule has 0 saturated carbocycles. The molecule has 1 aliphatic rings. The molecule has 3 N–H and O–H groups in total. The van der Waals surface area contributed by atoms with Gasteiger partial charge in [0.25, 0.3) is 0 Å². The lowest BCUT2D eigenvalue weighted by atomic mass is 9.94. The summed E-state index contributed by atoms with van der Waals surface area (Å²) in [6, 6.07) is 5.24. The summed E-state index contributed by atoms with van der Waals surface area (Å²) in [5.41, 5.74) is 1.62. The van der Waals surface area contributed by atoms with E-state index in [1.165, 1.54) is 30.1 Å². The van der Waals surface area contributed by atoms with Gasteiger partial charge < -0.3 is 14.8 Å². The molecule has 12 heteroatoms. The van der Waals surface area contributed by atoms with E-state index in [9.17, 15) is 13.4 Å². The maximum absolute atomic E-state index is 14.8. The van der Waals surface area contributed by atoms with Crippen LogP contribution in [0.25, 0.3) is 11.1 Å². The molecule has 0 radical (unpaired) electrons. The first kappa shape index (κ1) is 23.6. The average molecular weight is 489 g/mol. The van der Waals surface area contributed by atoms with Gasteiger partial charge in [0.15, 0.2) is 9.92 Å². The van der Waals surface area contributed by atoms with E-state index in [4.69, 9.17) is 14.6 Å². The summed E-state index contributed by atoms with van der Waals surface area (Å²) >= 11 is 0. The summed E-state index contributed by atoms with van der Waals surface area (Å²) in [5, 5.41) is 12.7. The molecule has 1 atom stereocenters. The molecule has 0 aliphatic carbocycles. The van der Waals surface area contributed by atoms with E-state index in [0.717, 1.165) is 6.42 Å². The number of rotatable bonds is 5. The molecule has 0 fully saturated rings. The number of hydrogen-bond acceptors (Lipinski definition) is 6. The molecule has 4 rings (SSSR count). The number of carbonyl (C=O) groups excluding carboxylic acids is 1. The van der Waals surface area contributed by atoms with Crippen molar-refractivity contribution < 1.29 is 22.9 Å². The first-order chi connectivity index (χ1) is 16.2. The number of halogens is 1. The number of methoxy groups -OCH3 is 1. The van der Waals surface area contributed by atoms with Crippen molar-refractivity contribution in [1.29, 1.82) is 0 Å². The molecule has 3 heterocycles. The minimum Gasteiger partial charge on any atom is -0.481 e. The van der Waals surface area contributed by atoms with Crippen LogP contribution in [0.2, 0.25) is 0 Å². The van der Waals surface area contributed by atoms with E-state index < -0.39 is 21.8 Å². The highest BCUT2D eigenvalue weighted by molar-refractivity contribution is 7.91. The van der Waals surface area contributed by atoms with E-state index in [0.29, 0.717) is 30.2 Å². The molecule has 1 aliphatic heterocycles. The van der Waals surface area contributed by atoms with Crippen molar-refractivity contribution in [2.24, 2.45) is 9.50 Å². The monoisotopic (exact) mass is 488 g/mol. The fraction of sp³-hybridized carbons (Fsp3) is 0.318. The van der Waals surface area contributed by atoms with Gasteiger partial charge in [0.2, 0.25) is 11.8 Å². The number of urea groups is 1. The molecular formula is C22H25FN6O4S. The van der Waals surface area contributed by atoms with Gasteiger partial charge in [-0.05, 0) is 29.7 Å². The third-order valence-corrected chi connectivity index (χ3v) is 6.65. The third kappa shape index (κ3) is 4.59.